The van der Waals surface area contributed by atoms with Crippen LogP contribution in [0.4, 0.5) is 11.4 Å². The van der Waals surface area contributed by atoms with Gasteiger partial charge >= 0.3 is 5.97 Å². The number of anilines is 1. The first-order chi connectivity index (χ1) is 11.1. The van der Waals surface area contributed by atoms with Crippen molar-refractivity contribution in [1.82, 2.24) is 4.98 Å². The van der Waals surface area contributed by atoms with Crippen LogP contribution in [0.25, 0.3) is 10.4 Å². The van der Waals surface area contributed by atoms with Gasteiger partial charge in [0.15, 0.2) is 6.61 Å². The summed E-state index contributed by atoms with van der Waals surface area (Å²) in [5, 5.41) is 14.5. The fourth-order valence-corrected chi connectivity index (χ4v) is 1.61. The quantitative estimate of drug-likeness (QED) is 0.479. The van der Waals surface area contributed by atoms with Crippen molar-refractivity contribution < 1.29 is 19.4 Å². The Hall–Kier alpha value is -3.58. The summed E-state index contributed by atoms with van der Waals surface area (Å²) in [4.78, 5) is 28.9. The number of rotatable bonds is 6. The molecule has 0 aliphatic rings. The van der Waals surface area contributed by atoms with Crippen LogP contribution in [0.5, 0.6) is 5.88 Å². The van der Waals surface area contributed by atoms with E-state index < -0.39 is 12.6 Å². The number of pyridine rings is 1. The zero-order valence-electron chi connectivity index (χ0n) is 11.7. The van der Waals surface area contributed by atoms with E-state index in [2.05, 4.69) is 20.3 Å². The van der Waals surface area contributed by atoms with E-state index in [4.69, 9.17) is 15.4 Å². The minimum absolute atomic E-state index is 0.143. The van der Waals surface area contributed by atoms with Crippen LogP contribution in [0.2, 0.25) is 0 Å². The van der Waals surface area contributed by atoms with Crippen LogP contribution < -0.4 is 10.1 Å². The van der Waals surface area contributed by atoms with E-state index in [0.717, 1.165) is 0 Å². The number of hydrogen-bond acceptors (Lipinski definition) is 5. The van der Waals surface area contributed by atoms with Gasteiger partial charge in [0.2, 0.25) is 5.88 Å². The van der Waals surface area contributed by atoms with Gasteiger partial charge in [-0.25, -0.2) is 9.78 Å². The second-order valence-electron chi connectivity index (χ2n) is 4.26. The number of hydrogen-bond donors (Lipinski definition) is 2. The summed E-state index contributed by atoms with van der Waals surface area (Å²) in [5.41, 5.74) is 9.53. The molecule has 2 N–H and O–H groups in total. The maximum absolute atomic E-state index is 12.0. The van der Waals surface area contributed by atoms with E-state index in [1.54, 1.807) is 0 Å². The maximum Gasteiger partial charge on any atom is 0.341 e. The van der Waals surface area contributed by atoms with E-state index in [-0.39, 0.29) is 11.8 Å². The molecule has 0 atom stereocenters. The van der Waals surface area contributed by atoms with Crippen molar-refractivity contribution >= 4 is 23.3 Å². The second kappa shape index (κ2) is 7.43. The molecule has 1 amide bonds. The van der Waals surface area contributed by atoms with Crippen molar-refractivity contribution in [2.45, 2.75) is 0 Å². The Morgan fingerprint density at radius 2 is 2.00 bits per heavy atom. The first-order valence-electron chi connectivity index (χ1n) is 6.35. The highest BCUT2D eigenvalue weighted by Crippen LogP contribution is 2.16. The molecule has 23 heavy (non-hydrogen) atoms. The standard InChI is InChI=1S/C14H11N5O4/c15-19-18-10-3-1-9(2-4-10)14(22)17-11-5-6-12(16-7-11)23-8-13(20)21/h1-7H,8H2,(H,17,22)(H,20,21). The largest absolute Gasteiger partial charge is 0.479 e. The normalized spacial score (nSPS) is 9.57. The lowest BCUT2D eigenvalue weighted by molar-refractivity contribution is -0.139. The molecule has 0 aliphatic heterocycles. The van der Waals surface area contributed by atoms with Crippen LogP contribution in [-0.2, 0) is 4.79 Å². The molecule has 0 saturated heterocycles. The number of carboxylic acids is 1. The van der Waals surface area contributed by atoms with Gasteiger partial charge in [0.1, 0.15) is 0 Å². The van der Waals surface area contributed by atoms with Gasteiger partial charge in [0.25, 0.3) is 5.91 Å². The molecular weight excluding hydrogens is 302 g/mol. The number of carbonyl (C=O) groups excluding carboxylic acids is 1. The highest BCUT2D eigenvalue weighted by molar-refractivity contribution is 6.04. The third kappa shape index (κ3) is 4.73. The van der Waals surface area contributed by atoms with Crippen LogP contribution >= 0.6 is 0 Å². The molecule has 0 saturated carbocycles. The molecule has 0 radical (unpaired) electrons. The molecule has 1 heterocycles. The summed E-state index contributed by atoms with van der Waals surface area (Å²) in [7, 11) is 0. The number of nitrogens with zero attached hydrogens (tertiary/aromatic N) is 4. The molecule has 0 spiro atoms. The monoisotopic (exact) mass is 313 g/mol. The van der Waals surface area contributed by atoms with Gasteiger partial charge in [0, 0.05) is 22.2 Å². The van der Waals surface area contributed by atoms with Gasteiger partial charge in [-0.05, 0) is 23.7 Å². The van der Waals surface area contributed by atoms with E-state index >= 15 is 0 Å². The van der Waals surface area contributed by atoms with Gasteiger partial charge in [-0.15, -0.1) is 0 Å². The van der Waals surface area contributed by atoms with Crippen molar-refractivity contribution in [3.8, 4) is 5.88 Å². The molecule has 0 aliphatic carbocycles. The van der Waals surface area contributed by atoms with E-state index in [9.17, 15) is 9.59 Å². The number of amides is 1. The Balaban J connectivity index is 1.99. The number of carbonyl (C=O) groups is 2. The third-order valence-corrected chi connectivity index (χ3v) is 2.63. The number of aliphatic carboxylic acids is 1. The van der Waals surface area contributed by atoms with E-state index in [0.29, 0.717) is 16.9 Å². The zero-order chi connectivity index (χ0) is 16.7. The fourth-order valence-electron chi connectivity index (χ4n) is 1.61. The van der Waals surface area contributed by atoms with Gasteiger partial charge < -0.3 is 15.2 Å². The SMILES string of the molecule is [N-]=[N+]=Nc1ccc(C(=O)Nc2ccc(OCC(=O)O)nc2)cc1. The molecule has 9 heteroatoms. The average Bonchev–Trinajstić information content (AvgIpc) is 2.55. The first-order valence-corrected chi connectivity index (χ1v) is 6.35. The van der Waals surface area contributed by atoms with Gasteiger partial charge in [-0.2, -0.15) is 0 Å². The van der Waals surface area contributed by atoms with Crippen LogP contribution in [0.3, 0.4) is 0 Å². The Labute approximate surface area is 130 Å². The van der Waals surface area contributed by atoms with Crippen molar-refractivity contribution in [2.24, 2.45) is 5.11 Å². The minimum atomic E-state index is -1.10. The molecule has 9 nitrogen and oxygen atoms in total. The zero-order valence-corrected chi connectivity index (χ0v) is 11.7. The van der Waals surface area contributed by atoms with Gasteiger partial charge in [-0.1, -0.05) is 17.2 Å². The Morgan fingerprint density at radius 1 is 1.26 bits per heavy atom. The van der Waals surface area contributed by atoms with Crippen molar-refractivity contribution in [2.75, 3.05) is 11.9 Å². The number of aromatic nitrogens is 1. The third-order valence-electron chi connectivity index (χ3n) is 2.63. The highest BCUT2D eigenvalue weighted by atomic mass is 16.5. The van der Waals surface area contributed by atoms with Crippen LogP contribution in [0.15, 0.2) is 47.7 Å². The van der Waals surface area contributed by atoms with Gasteiger partial charge in [-0.3, -0.25) is 4.79 Å². The highest BCUT2D eigenvalue weighted by Gasteiger charge is 2.07. The molecule has 2 aromatic rings. The molecule has 0 unspecified atom stereocenters. The summed E-state index contributed by atoms with van der Waals surface area (Å²) in [6.07, 6.45) is 1.35. The van der Waals surface area contributed by atoms with E-state index in [1.807, 2.05) is 0 Å². The fraction of sp³-hybridized carbons (Fsp3) is 0.0714. The van der Waals surface area contributed by atoms with Crippen molar-refractivity contribution in [3.63, 3.8) is 0 Å². The predicted octanol–water partition coefficient (Wildman–Crippen LogP) is 2.74. The van der Waals surface area contributed by atoms with Crippen LogP contribution in [-0.4, -0.2) is 28.6 Å². The Morgan fingerprint density at radius 3 is 2.57 bits per heavy atom. The average molecular weight is 313 g/mol. The summed E-state index contributed by atoms with van der Waals surface area (Å²) in [6.45, 7) is -0.490. The maximum atomic E-state index is 12.0. The lowest BCUT2D eigenvalue weighted by Gasteiger charge is -2.06. The number of benzene rings is 1. The number of ether oxygens (including phenoxy) is 1. The Bertz CT molecular complexity index is 752. The molecular formula is C14H11N5O4. The molecule has 1 aromatic carbocycles. The smallest absolute Gasteiger partial charge is 0.341 e. The Kier molecular flexibility index (Phi) is 5.11. The predicted molar refractivity (Wildman–Crippen MR) is 80.6 cm³/mol. The number of carboxylic acid groups (broad SMARTS) is 1. The van der Waals surface area contributed by atoms with Crippen molar-refractivity contribution in [3.05, 3.63) is 58.6 Å². The first kappa shape index (κ1) is 15.8. The second-order valence-corrected chi connectivity index (χ2v) is 4.26. The summed E-state index contributed by atoms with van der Waals surface area (Å²) in [5.74, 6) is -1.32. The van der Waals surface area contributed by atoms with Crippen molar-refractivity contribution in [1.29, 1.82) is 0 Å². The molecule has 116 valence electrons. The minimum Gasteiger partial charge on any atom is -0.479 e. The summed E-state index contributed by atoms with van der Waals surface area (Å²) < 4.78 is 4.89. The lowest BCUT2D eigenvalue weighted by Crippen LogP contribution is -2.12. The molecule has 0 bridgehead atoms. The number of nitrogens with one attached hydrogen (secondary N) is 1. The number of azide groups is 1. The van der Waals surface area contributed by atoms with Crippen LogP contribution in [0, 0.1) is 0 Å². The topological polar surface area (TPSA) is 137 Å². The van der Waals surface area contributed by atoms with Gasteiger partial charge in [0.05, 0.1) is 11.9 Å². The van der Waals surface area contributed by atoms with E-state index in [1.165, 1.54) is 42.6 Å². The molecule has 1 aromatic heterocycles. The molecule has 0 fully saturated rings. The summed E-state index contributed by atoms with van der Waals surface area (Å²) >= 11 is 0. The molecule has 2 rings (SSSR count). The van der Waals surface area contributed by atoms with Crippen LogP contribution in [0.1, 0.15) is 10.4 Å². The summed E-state index contributed by atoms with van der Waals surface area (Å²) in [6, 6.07) is 9.08. The lowest BCUT2D eigenvalue weighted by atomic mass is 10.2.